The first-order valence-electron chi connectivity index (χ1n) is 3.98. The molecule has 0 aliphatic rings. The second kappa shape index (κ2) is 4.38. The lowest BCUT2D eigenvalue weighted by molar-refractivity contribution is -0.118. The molecule has 0 fully saturated rings. The zero-order chi connectivity index (χ0) is 10.6. The first kappa shape index (κ1) is 10.2. The zero-order valence-corrected chi connectivity index (χ0v) is 7.69. The topological polar surface area (TPSA) is 119 Å². The molecular formula is C7H12N6O. The summed E-state index contributed by atoms with van der Waals surface area (Å²) in [6.07, 6.45) is 2.93. The van der Waals surface area contributed by atoms with Gasteiger partial charge in [-0.05, 0) is 6.92 Å². The van der Waals surface area contributed by atoms with E-state index in [1.54, 1.807) is 6.92 Å². The number of anilines is 2. The zero-order valence-electron chi connectivity index (χ0n) is 7.69. The van der Waals surface area contributed by atoms with Gasteiger partial charge in [-0.25, -0.2) is 10.8 Å². The standard InChI is InChI=1S/C7H12N6O/c1-4(7(8)14)11-5-2-10-3-6(12-5)13-9/h2-4H,9H2,1H3,(H2,8,14)(H2,11,12,13). The minimum atomic E-state index is -0.502. The molecule has 1 atom stereocenters. The molecule has 0 aliphatic heterocycles. The number of nitrogens with one attached hydrogen (secondary N) is 2. The van der Waals surface area contributed by atoms with Gasteiger partial charge in [0.05, 0.1) is 12.4 Å². The van der Waals surface area contributed by atoms with Crippen molar-refractivity contribution in [2.24, 2.45) is 11.6 Å². The Balaban J connectivity index is 2.71. The summed E-state index contributed by atoms with van der Waals surface area (Å²) >= 11 is 0. The van der Waals surface area contributed by atoms with E-state index in [0.717, 1.165) is 0 Å². The highest BCUT2D eigenvalue weighted by Gasteiger charge is 2.08. The lowest BCUT2D eigenvalue weighted by atomic mass is 10.3. The summed E-state index contributed by atoms with van der Waals surface area (Å²) in [4.78, 5) is 18.6. The molecule has 0 spiro atoms. The molecule has 6 N–H and O–H groups in total. The molecule has 0 aromatic carbocycles. The van der Waals surface area contributed by atoms with Gasteiger partial charge in [-0.15, -0.1) is 0 Å². The van der Waals surface area contributed by atoms with E-state index in [9.17, 15) is 4.79 Å². The molecule has 1 aromatic heterocycles. The van der Waals surface area contributed by atoms with Gasteiger partial charge in [0, 0.05) is 0 Å². The Bertz CT molecular complexity index is 328. The van der Waals surface area contributed by atoms with Crippen molar-refractivity contribution < 1.29 is 4.79 Å². The molecule has 0 bridgehead atoms. The minimum absolute atomic E-state index is 0.409. The molecule has 0 saturated heterocycles. The molecular weight excluding hydrogens is 184 g/mol. The molecule has 1 amide bonds. The van der Waals surface area contributed by atoms with Gasteiger partial charge in [0.2, 0.25) is 5.91 Å². The van der Waals surface area contributed by atoms with Crippen LogP contribution in [0.15, 0.2) is 12.4 Å². The van der Waals surface area contributed by atoms with Crippen LogP contribution in [0.1, 0.15) is 6.92 Å². The van der Waals surface area contributed by atoms with Crippen LogP contribution < -0.4 is 22.3 Å². The van der Waals surface area contributed by atoms with Gasteiger partial charge in [0.25, 0.3) is 0 Å². The van der Waals surface area contributed by atoms with Gasteiger partial charge in [0.1, 0.15) is 11.9 Å². The SMILES string of the molecule is CC(Nc1cncc(NN)n1)C(N)=O. The molecule has 1 heterocycles. The lowest BCUT2D eigenvalue weighted by Gasteiger charge is -2.10. The predicted octanol–water partition coefficient (Wildman–Crippen LogP) is -0.952. The number of hydrogen-bond acceptors (Lipinski definition) is 6. The highest BCUT2D eigenvalue weighted by Crippen LogP contribution is 2.06. The molecule has 7 heteroatoms. The first-order chi connectivity index (χ1) is 6.63. The number of rotatable bonds is 4. The molecule has 1 unspecified atom stereocenters. The minimum Gasteiger partial charge on any atom is -0.368 e. The fraction of sp³-hybridized carbons (Fsp3) is 0.286. The van der Waals surface area contributed by atoms with Crippen molar-refractivity contribution in [1.29, 1.82) is 0 Å². The predicted molar refractivity (Wildman–Crippen MR) is 52.1 cm³/mol. The van der Waals surface area contributed by atoms with E-state index >= 15 is 0 Å². The normalized spacial score (nSPS) is 11.9. The van der Waals surface area contributed by atoms with E-state index < -0.39 is 11.9 Å². The molecule has 0 saturated carbocycles. The van der Waals surface area contributed by atoms with Crippen LogP contribution >= 0.6 is 0 Å². The number of hydrogen-bond donors (Lipinski definition) is 4. The van der Waals surface area contributed by atoms with E-state index in [1.165, 1.54) is 12.4 Å². The molecule has 1 aromatic rings. The van der Waals surface area contributed by atoms with Crippen molar-refractivity contribution in [2.45, 2.75) is 13.0 Å². The van der Waals surface area contributed by atoms with Gasteiger partial charge < -0.3 is 16.5 Å². The van der Waals surface area contributed by atoms with Gasteiger partial charge in [-0.2, -0.15) is 0 Å². The van der Waals surface area contributed by atoms with Gasteiger partial charge in [-0.1, -0.05) is 0 Å². The second-order valence-electron chi connectivity index (χ2n) is 2.70. The number of primary amides is 1. The Hall–Kier alpha value is -1.89. The summed E-state index contributed by atoms with van der Waals surface area (Å²) in [5.74, 6) is 5.52. The number of amides is 1. The molecule has 14 heavy (non-hydrogen) atoms. The Labute approximate surface area is 80.9 Å². The number of hydrazine groups is 1. The summed E-state index contributed by atoms with van der Waals surface area (Å²) in [6, 6.07) is -0.502. The van der Waals surface area contributed by atoms with E-state index in [4.69, 9.17) is 11.6 Å². The van der Waals surface area contributed by atoms with Crippen LogP contribution in [0, 0.1) is 0 Å². The van der Waals surface area contributed by atoms with Crippen LogP contribution in [0.4, 0.5) is 11.6 Å². The van der Waals surface area contributed by atoms with Crippen molar-refractivity contribution in [3.8, 4) is 0 Å². The highest BCUT2D eigenvalue weighted by atomic mass is 16.1. The summed E-state index contributed by atoms with van der Waals surface area (Å²) < 4.78 is 0. The largest absolute Gasteiger partial charge is 0.368 e. The number of carbonyl (C=O) groups excluding carboxylic acids is 1. The summed E-state index contributed by atoms with van der Waals surface area (Å²) in [5.41, 5.74) is 7.40. The van der Waals surface area contributed by atoms with Crippen LogP contribution in [-0.2, 0) is 4.79 Å². The Kier molecular flexibility index (Phi) is 3.19. The van der Waals surface area contributed by atoms with Crippen molar-refractivity contribution in [2.75, 3.05) is 10.7 Å². The first-order valence-corrected chi connectivity index (χ1v) is 3.98. The van der Waals surface area contributed by atoms with Crippen molar-refractivity contribution >= 4 is 17.5 Å². The molecule has 0 radical (unpaired) electrons. The highest BCUT2D eigenvalue weighted by molar-refractivity contribution is 5.82. The average Bonchev–Trinajstić information content (AvgIpc) is 2.18. The third kappa shape index (κ3) is 2.56. The molecule has 7 nitrogen and oxygen atoms in total. The second-order valence-corrected chi connectivity index (χ2v) is 2.70. The summed E-state index contributed by atoms with van der Waals surface area (Å²) in [7, 11) is 0. The fourth-order valence-electron chi connectivity index (χ4n) is 0.798. The number of nitrogen functional groups attached to an aromatic ring is 1. The summed E-state index contributed by atoms with van der Waals surface area (Å²) in [5, 5.41) is 2.77. The summed E-state index contributed by atoms with van der Waals surface area (Å²) in [6.45, 7) is 1.63. The Morgan fingerprint density at radius 2 is 2.14 bits per heavy atom. The van der Waals surface area contributed by atoms with Crippen molar-refractivity contribution in [3.63, 3.8) is 0 Å². The van der Waals surface area contributed by atoms with Crippen LogP contribution in [-0.4, -0.2) is 21.9 Å². The van der Waals surface area contributed by atoms with E-state index in [1.807, 2.05) is 0 Å². The number of nitrogens with zero attached hydrogens (tertiary/aromatic N) is 2. The third-order valence-electron chi connectivity index (χ3n) is 1.57. The van der Waals surface area contributed by atoms with E-state index in [-0.39, 0.29) is 0 Å². The monoisotopic (exact) mass is 196 g/mol. The maximum atomic E-state index is 10.7. The number of nitrogens with two attached hydrogens (primary N) is 2. The molecule has 0 aliphatic carbocycles. The van der Waals surface area contributed by atoms with Crippen molar-refractivity contribution in [3.05, 3.63) is 12.4 Å². The number of carbonyl (C=O) groups is 1. The Morgan fingerprint density at radius 3 is 2.71 bits per heavy atom. The van der Waals surface area contributed by atoms with Crippen LogP contribution in [0.25, 0.3) is 0 Å². The quantitative estimate of drug-likeness (QED) is 0.364. The Morgan fingerprint density at radius 1 is 1.50 bits per heavy atom. The number of aromatic nitrogens is 2. The van der Waals surface area contributed by atoms with Gasteiger partial charge in [0.15, 0.2) is 5.82 Å². The van der Waals surface area contributed by atoms with Crippen LogP contribution in [0.2, 0.25) is 0 Å². The van der Waals surface area contributed by atoms with Gasteiger partial charge >= 0.3 is 0 Å². The van der Waals surface area contributed by atoms with E-state index in [0.29, 0.717) is 11.6 Å². The van der Waals surface area contributed by atoms with Crippen molar-refractivity contribution in [1.82, 2.24) is 9.97 Å². The van der Waals surface area contributed by atoms with E-state index in [2.05, 4.69) is 20.7 Å². The maximum absolute atomic E-state index is 10.7. The maximum Gasteiger partial charge on any atom is 0.239 e. The smallest absolute Gasteiger partial charge is 0.239 e. The lowest BCUT2D eigenvalue weighted by Crippen LogP contribution is -2.32. The van der Waals surface area contributed by atoms with Crippen LogP contribution in [0.3, 0.4) is 0 Å². The molecule has 76 valence electrons. The van der Waals surface area contributed by atoms with Crippen LogP contribution in [0.5, 0.6) is 0 Å². The fourth-order valence-corrected chi connectivity index (χ4v) is 0.798. The average molecular weight is 196 g/mol. The molecule has 1 rings (SSSR count). The van der Waals surface area contributed by atoms with Gasteiger partial charge in [-0.3, -0.25) is 9.78 Å². The third-order valence-corrected chi connectivity index (χ3v) is 1.57.